The van der Waals surface area contributed by atoms with Crippen molar-refractivity contribution in [3.05, 3.63) is 23.0 Å². The van der Waals surface area contributed by atoms with E-state index >= 15 is 0 Å². The fourth-order valence-corrected chi connectivity index (χ4v) is 1.16. The largest absolute Gasteiger partial charge is 0.478 e. The van der Waals surface area contributed by atoms with E-state index in [1.165, 1.54) is 0 Å². The van der Waals surface area contributed by atoms with Gasteiger partial charge in [0.15, 0.2) is 5.69 Å². The molecule has 0 aliphatic rings. The molecule has 0 amide bonds. The molecule has 0 bridgehead atoms. The Balaban J connectivity index is 3.57. The second kappa shape index (κ2) is 4.15. The summed E-state index contributed by atoms with van der Waals surface area (Å²) in [5.41, 5.74) is -0.536. The minimum Gasteiger partial charge on any atom is -0.478 e. The summed E-state index contributed by atoms with van der Waals surface area (Å²) >= 11 is 0. The lowest BCUT2D eigenvalue weighted by Crippen LogP contribution is -2.17. The molecular weight excluding hydrogens is 251 g/mol. The minimum atomic E-state index is -5.13. The molecule has 0 fully saturated rings. The van der Waals surface area contributed by atoms with Gasteiger partial charge in [-0.15, -0.1) is 0 Å². The number of nitrogens with zero attached hydrogens (tertiary/aromatic N) is 1. The second-order valence-corrected chi connectivity index (χ2v) is 2.95. The van der Waals surface area contributed by atoms with Crippen LogP contribution in [0.5, 0.6) is 0 Å². The number of rotatable bonds is 2. The number of carbonyl (C=O) groups is 1. The summed E-state index contributed by atoms with van der Waals surface area (Å²) in [6.45, 7) is 0. The third-order valence-corrected chi connectivity index (χ3v) is 1.88. The number of aromatic carboxylic acids is 1. The molecule has 17 heavy (non-hydrogen) atoms. The smallest absolute Gasteiger partial charge is 0.433 e. The van der Waals surface area contributed by atoms with Crippen LogP contribution in [0.15, 0.2) is 6.20 Å². The highest BCUT2D eigenvalue weighted by Crippen LogP contribution is 2.38. The number of nitrogen functional groups attached to an aromatic ring is 1. The molecule has 0 aromatic carbocycles. The molecule has 0 saturated heterocycles. The molecule has 0 atom stereocenters. The van der Waals surface area contributed by atoms with E-state index in [-0.39, 0.29) is 0 Å². The van der Waals surface area contributed by atoms with Crippen molar-refractivity contribution in [1.29, 1.82) is 0 Å². The van der Waals surface area contributed by atoms with Crippen molar-refractivity contribution in [1.82, 2.24) is 4.98 Å². The van der Waals surface area contributed by atoms with E-state index < -0.39 is 41.1 Å². The van der Waals surface area contributed by atoms with Crippen molar-refractivity contribution >= 4 is 11.7 Å². The van der Waals surface area contributed by atoms with Gasteiger partial charge in [-0.2, -0.15) is 13.2 Å². The number of nitrogens with two attached hydrogens (primary N) is 1. The molecule has 0 aliphatic carbocycles. The Labute approximate surface area is 90.9 Å². The molecule has 0 unspecified atom stereocenters. The van der Waals surface area contributed by atoms with Gasteiger partial charge >= 0.3 is 12.1 Å². The summed E-state index contributed by atoms with van der Waals surface area (Å²) in [6.07, 6.45) is -8.40. The van der Waals surface area contributed by atoms with Crippen molar-refractivity contribution in [2.45, 2.75) is 12.6 Å². The van der Waals surface area contributed by atoms with E-state index in [2.05, 4.69) is 4.98 Å². The molecule has 94 valence electrons. The number of hydrogen-bond acceptors (Lipinski definition) is 3. The van der Waals surface area contributed by atoms with Crippen LogP contribution in [-0.2, 0) is 6.18 Å². The first-order valence-corrected chi connectivity index (χ1v) is 4.03. The Hall–Kier alpha value is -1.93. The first kappa shape index (κ1) is 13.1. The highest BCUT2D eigenvalue weighted by Gasteiger charge is 2.39. The van der Waals surface area contributed by atoms with Gasteiger partial charge in [0.25, 0.3) is 6.43 Å². The Morgan fingerprint density at radius 2 is 1.94 bits per heavy atom. The van der Waals surface area contributed by atoms with E-state index in [1.807, 2.05) is 0 Å². The zero-order valence-electron chi connectivity index (χ0n) is 7.92. The molecular formula is C8H5F5N2O2. The van der Waals surface area contributed by atoms with Crippen molar-refractivity contribution < 1.29 is 31.9 Å². The molecule has 1 rings (SSSR count). The Morgan fingerprint density at radius 1 is 1.41 bits per heavy atom. The molecule has 9 heteroatoms. The molecule has 1 aromatic heterocycles. The zero-order chi connectivity index (χ0) is 13.4. The van der Waals surface area contributed by atoms with Crippen molar-refractivity contribution in [2.75, 3.05) is 5.73 Å². The molecule has 1 heterocycles. The number of carboxylic acids is 1. The van der Waals surface area contributed by atoms with E-state index in [1.54, 1.807) is 0 Å². The maximum Gasteiger partial charge on any atom is 0.433 e. The zero-order valence-corrected chi connectivity index (χ0v) is 7.92. The predicted molar refractivity (Wildman–Crippen MR) is 45.6 cm³/mol. The molecule has 3 N–H and O–H groups in total. The fraction of sp³-hybridized carbons (Fsp3) is 0.250. The van der Waals surface area contributed by atoms with Crippen molar-refractivity contribution in [2.24, 2.45) is 0 Å². The van der Waals surface area contributed by atoms with E-state index in [9.17, 15) is 26.7 Å². The van der Waals surface area contributed by atoms with Crippen LogP contribution in [-0.4, -0.2) is 16.1 Å². The van der Waals surface area contributed by atoms with E-state index in [4.69, 9.17) is 10.8 Å². The molecule has 0 saturated carbocycles. The summed E-state index contributed by atoms with van der Waals surface area (Å²) in [7, 11) is 0. The Morgan fingerprint density at radius 3 is 2.29 bits per heavy atom. The summed E-state index contributed by atoms with van der Waals surface area (Å²) in [6, 6.07) is 0. The maximum absolute atomic E-state index is 12.4. The van der Waals surface area contributed by atoms with Crippen LogP contribution in [0.1, 0.15) is 28.0 Å². The summed E-state index contributed by atoms with van der Waals surface area (Å²) < 4.78 is 61.9. The van der Waals surface area contributed by atoms with Crippen LogP contribution < -0.4 is 5.73 Å². The van der Waals surface area contributed by atoms with Gasteiger partial charge in [0, 0.05) is 6.20 Å². The van der Waals surface area contributed by atoms with Crippen LogP contribution in [0.4, 0.5) is 27.6 Å². The predicted octanol–water partition coefficient (Wildman–Crippen LogP) is 2.32. The monoisotopic (exact) mass is 256 g/mol. The Kier molecular flexibility index (Phi) is 3.21. The standard InChI is InChI=1S/C8H5F5N2O2/c9-6(10)3-4(14)2(7(16)17)1-15-5(3)8(11,12)13/h1,6H,(H2,14,15)(H,16,17). The van der Waals surface area contributed by atoms with Crippen LogP contribution in [0.2, 0.25) is 0 Å². The molecule has 4 nitrogen and oxygen atoms in total. The first-order chi connectivity index (χ1) is 7.66. The third kappa shape index (κ3) is 2.43. The van der Waals surface area contributed by atoms with E-state index in [0.29, 0.717) is 6.20 Å². The summed E-state index contributed by atoms with van der Waals surface area (Å²) in [5.74, 6) is -1.73. The van der Waals surface area contributed by atoms with Gasteiger partial charge in [0.2, 0.25) is 0 Å². The molecule has 0 spiro atoms. The summed E-state index contributed by atoms with van der Waals surface area (Å²) in [5, 5.41) is 8.52. The van der Waals surface area contributed by atoms with Gasteiger partial charge in [-0.1, -0.05) is 0 Å². The number of alkyl halides is 5. The SMILES string of the molecule is Nc1c(C(=O)O)cnc(C(F)(F)F)c1C(F)F. The number of aromatic nitrogens is 1. The number of anilines is 1. The number of halogens is 5. The highest BCUT2D eigenvalue weighted by molar-refractivity contribution is 5.94. The van der Waals surface area contributed by atoms with Gasteiger partial charge in [-0.25, -0.2) is 13.6 Å². The lowest BCUT2D eigenvalue weighted by Gasteiger charge is -2.14. The maximum atomic E-state index is 12.4. The number of carboxylic acid groups (broad SMARTS) is 1. The molecule has 1 aromatic rings. The van der Waals surface area contributed by atoms with Crippen LogP contribution in [0.3, 0.4) is 0 Å². The van der Waals surface area contributed by atoms with Crippen LogP contribution >= 0.6 is 0 Å². The second-order valence-electron chi connectivity index (χ2n) is 2.95. The normalized spacial score (nSPS) is 11.9. The fourth-order valence-electron chi connectivity index (χ4n) is 1.16. The lowest BCUT2D eigenvalue weighted by molar-refractivity contribution is -0.143. The average molecular weight is 256 g/mol. The van der Waals surface area contributed by atoms with Gasteiger partial charge in [0.1, 0.15) is 5.56 Å². The number of hydrogen-bond donors (Lipinski definition) is 2. The topological polar surface area (TPSA) is 76.2 Å². The Bertz CT molecular complexity index is 458. The van der Waals surface area contributed by atoms with Gasteiger partial charge in [-0.3, -0.25) is 4.98 Å². The summed E-state index contributed by atoms with van der Waals surface area (Å²) in [4.78, 5) is 13.2. The van der Waals surface area contributed by atoms with Crippen molar-refractivity contribution in [3.8, 4) is 0 Å². The quantitative estimate of drug-likeness (QED) is 0.796. The average Bonchev–Trinajstić information content (AvgIpc) is 2.14. The van der Waals surface area contributed by atoms with Gasteiger partial charge in [-0.05, 0) is 0 Å². The first-order valence-electron chi connectivity index (χ1n) is 4.03. The lowest BCUT2D eigenvalue weighted by atomic mass is 10.1. The van der Waals surface area contributed by atoms with Crippen LogP contribution in [0, 0.1) is 0 Å². The third-order valence-electron chi connectivity index (χ3n) is 1.88. The van der Waals surface area contributed by atoms with Gasteiger partial charge in [0.05, 0.1) is 11.3 Å². The highest BCUT2D eigenvalue weighted by atomic mass is 19.4. The van der Waals surface area contributed by atoms with E-state index in [0.717, 1.165) is 0 Å². The molecule has 0 aliphatic heterocycles. The molecule has 0 radical (unpaired) electrons. The minimum absolute atomic E-state index is 0.298. The van der Waals surface area contributed by atoms with Crippen molar-refractivity contribution in [3.63, 3.8) is 0 Å². The van der Waals surface area contributed by atoms with Gasteiger partial charge < -0.3 is 10.8 Å². The number of pyridine rings is 1. The van der Waals surface area contributed by atoms with Crippen LogP contribution in [0.25, 0.3) is 0 Å².